The highest BCUT2D eigenvalue weighted by Crippen LogP contribution is 2.45. The summed E-state index contributed by atoms with van der Waals surface area (Å²) in [7, 11) is -1.97. The summed E-state index contributed by atoms with van der Waals surface area (Å²) in [6.45, 7) is 6.35. The second kappa shape index (κ2) is 10.3. The van der Waals surface area contributed by atoms with Gasteiger partial charge in [0.25, 0.3) is 0 Å². The number of sulfonamides is 1. The molecule has 0 unspecified atom stereocenters. The highest BCUT2D eigenvalue weighted by molar-refractivity contribution is 7.92. The number of benzene rings is 2. The highest BCUT2D eigenvalue weighted by Gasteiger charge is 2.42. The lowest BCUT2D eigenvalue weighted by molar-refractivity contribution is 0.417. The first-order valence-corrected chi connectivity index (χ1v) is 14.8. The maximum absolute atomic E-state index is 11.9. The molecular formula is C29H31N5O3S2. The maximum Gasteiger partial charge on any atom is 0.229 e. The molecular weight excluding hydrogens is 530 g/mol. The van der Waals surface area contributed by atoms with Gasteiger partial charge in [-0.15, -0.1) is 0 Å². The Morgan fingerprint density at radius 3 is 2.44 bits per heavy atom. The first-order valence-electron chi connectivity index (χ1n) is 12.5. The number of hydrogen-bond donors (Lipinski definition) is 2. The van der Waals surface area contributed by atoms with Crippen molar-refractivity contribution in [3.8, 4) is 11.4 Å². The molecule has 10 heteroatoms. The largest absolute Gasteiger partial charge is 0.494 e. The summed E-state index contributed by atoms with van der Waals surface area (Å²) in [4.78, 5) is 6.72. The number of para-hydroxylation sites is 1. The van der Waals surface area contributed by atoms with Crippen LogP contribution in [0.25, 0.3) is 5.69 Å². The fourth-order valence-corrected chi connectivity index (χ4v) is 6.25. The van der Waals surface area contributed by atoms with E-state index in [1.165, 1.54) is 12.7 Å². The summed E-state index contributed by atoms with van der Waals surface area (Å²) >= 11 is 5.90. The molecule has 1 aliphatic rings. The summed E-state index contributed by atoms with van der Waals surface area (Å²) in [5.74, 6) is 0.395. The fraction of sp³-hybridized carbons (Fsp3) is 0.241. The maximum atomic E-state index is 11.9. The van der Waals surface area contributed by atoms with Crippen LogP contribution in [0.1, 0.15) is 40.3 Å². The predicted octanol–water partition coefficient (Wildman–Crippen LogP) is 5.35. The lowest BCUT2D eigenvalue weighted by Crippen LogP contribution is -2.29. The average Bonchev–Trinajstić information content (AvgIpc) is 3.39. The van der Waals surface area contributed by atoms with Crippen molar-refractivity contribution in [3.63, 3.8) is 0 Å². The Kier molecular flexibility index (Phi) is 7.09. The van der Waals surface area contributed by atoms with E-state index in [-0.39, 0.29) is 12.1 Å². The van der Waals surface area contributed by atoms with Gasteiger partial charge in [0, 0.05) is 35.0 Å². The zero-order chi connectivity index (χ0) is 27.9. The number of hydrogen-bond acceptors (Lipinski definition) is 5. The van der Waals surface area contributed by atoms with Gasteiger partial charge in [-0.2, -0.15) is 0 Å². The number of anilines is 2. The number of thiocarbonyl (C=S) groups is 1. The van der Waals surface area contributed by atoms with Crippen molar-refractivity contribution < 1.29 is 13.2 Å². The third-order valence-electron chi connectivity index (χ3n) is 7.00. The minimum absolute atomic E-state index is 0.218. The molecule has 202 valence electrons. The highest BCUT2D eigenvalue weighted by atomic mass is 32.2. The lowest BCUT2D eigenvalue weighted by Gasteiger charge is -2.29. The van der Waals surface area contributed by atoms with Gasteiger partial charge in [0.1, 0.15) is 5.75 Å². The van der Waals surface area contributed by atoms with Crippen LogP contribution in [0.5, 0.6) is 5.75 Å². The second-order valence-electron chi connectivity index (χ2n) is 9.70. The van der Waals surface area contributed by atoms with Gasteiger partial charge in [-0.3, -0.25) is 9.71 Å². The molecule has 1 aliphatic heterocycles. The second-order valence-corrected chi connectivity index (χ2v) is 11.8. The Morgan fingerprint density at radius 2 is 1.77 bits per heavy atom. The van der Waals surface area contributed by atoms with Gasteiger partial charge in [-0.05, 0) is 80.5 Å². The lowest BCUT2D eigenvalue weighted by atomic mass is 9.96. The van der Waals surface area contributed by atoms with Crippen molar-refractivity contribution in [2.75, 3.05) is 23.0 Å². The molecule has 5 rings (SSSR count). The van der Waals surface area contributed by atoms with Gasteiger partial charge < -0.3 is 19.5 Å². The molecule has 1 fully saturated rings. The van der Waals surface area contributed by atoms with Crippen molar-refractivity contribution in [2.45, 2.75) is 32.9 Å². The van der Waals surface area contributed by atoms with E-state index < -0.39 is 10.0 Å². The zero-order valence-corrected chi connectivity index (χ0v) is 24.1. The van der Waals surface area contributed by atoms with E-state index in [4.69, 9.17) is 17.0 Å². The van der Waals surface area contributed by atoms with Gasteiger partial charge >= 0.3 is 0 Å². The molecule has 2 N–H and O–H groups in total. The summed E-state index contributed by atoms with van der Waals surface area (Å²) in [6, 6.07) is 21.3. The summed E-state index contributed by atoms with van der Waals surface area (Å²) in [5.41, 5.74) is 7.64. The smallest absolute Gasteiger partial charge is 0.229 e. The molecule has 8 nitrogen and oxygen atoms in total. The minimum Gasteiger partial charge on any atom is -0.494 e. The number of rotatable bonds is 7. The van der Waals surface area contributed by atoms with Crippen LogP contribution >= 0.6 is 12.2 Å². The molecule has 2 aromatic carbocycles. The van der Waals surface area contributed by atoms with E-state index in [2.05, 4.69) is 69.5 Å². The number of nitrogens with one attached hydrogen (secondary N) is 2. The molecule has 39 heavy (non-hydrogen) atoms. The van der Waals surface area contributed by atoms with Crippen LogP contribution in [0.2, 0.25) is 0 Å². The van der Waals surface area contributed by atoms with Gasteiger partial charge in [-0.25, -0.2) is 8.42 Å². The van der Waals surface area contributed by atoms with Crippen LogP contribution in [-0.4, -0.2) is 36.4 Å². The van der Waals surface area contributed by atoms with Crippen LogP contribution in [0, 0.1) is 20.8 Å². The van der Waals surface area contributed by atoms with Crippen LogP contribution in [0.15, 0.2) is 72.9 Å². The van der Waals surface area contributed by atoms with E-state index >= 15 is 0 Å². The molecule has 0 radical (unpaired) electrons. The standard InChI is InChI=1S/C29H31N5O3S2/c1-18-10-6-7-12-25(18)33-19(2)16-22(20(33)3)28-27(24-11-8-9-15-30-24)31-29(38)34(28)21-13-14-23(26(17-21)37-4)32-39(5,35)36/h6-17,27-28,32H,1-5H3,(H,31,38)/t27-,28+/m0/s1. The Balaban J connectivity index is 1.67. The average molecular weight is 562 g/mol. The molecule has 0 amide bonds. The van der Waals surface area contributed by atoms with E-state index in [1.807, 2.05) is 30.3 Å². The predicted molar refractivity (Wildman–Crippen MR) is 159 cm³/mol. The molecule has 2 aromatic heterocycles. The van der Waals surface area contributed by atoms with Gasteiger partial charge in [-0.1, -0.05) is 24.3 Å². The number of nitrogens with zero attached hydrogens (tertiary/aromatic N) is 3. The molecule has 0 bridgehead atoms. The van der Waals surface area contributed by atoms with Crippen molar-refractivity contribution >= 4 is 38.7 Å². The number of aryl methyl sites for hydroxylation is 2. The Hall–Kier alpha value is -3.89. The van der Waals surface area contributed by atoms with Crippen LogP contribution in [0.4, 0.5) is 11.4 Å². The number of pyridine rings is 1. The molecule has 1 saturated heterocycles. The zero-order valence-electron chi connectivity index (χ0n) is 22.5. The molecule has 3 heterocycles. The number of aromatic nitrogens is 2. The molecule has 0 aliphatic carbocycles. The Morgan fingerprint density at radius 1 is 1.03 bits per heavy atom. The van der Waals surface area contributed by atoms with Crippen molar-refractivity contribution in [3.05, 3.63) is 101 Å². The van der Waals surface area contributed by atoms with Gasteiger partial charge in [0.2, 0.25) is 10.0 Å². The third-order valence-corrected chi connectivity index (χ3v) is 7.91. The van der Waals surface area contributed by atoms with E-state index in [9.17, 15) is 8.42 Å². The fourth-order valence-electron chi connectivity index (χ4n) is 5.33. The first kappa shape index (κ1) is 26.7. The van der Waals surface area contributed by atoms with E-state index in [0.717, 1.165) is 40.3 Å². The Labute approximate surface area is 234 Å². The quantitative estimate of drug-likeness (QED) is 0.294. The summed E-state index contributed by atoms with van der Waals surface area (Å²) in [5, 5.41) is 4.04. The van der Waals surface area contributed by atoms with Crippen LogP contribution in [-0.2, 0) is 10.0 Å². The number of methoxy groups -OCH3 is 1. The summed E-state index contributed by atoms with van der Waals surface area (Å²) < 4.78 is 34.1. The SMILES string of the molecule is COc1cc(N2C(=S)N[C@@H](c3ccccn3)[C@H]2c2cc(C)n(-c3ccccc3C)c2C)ccc1NS(C)(=O)=O. The van der Waals surface area contributed by atoms with Crippen molar-refractivity contribution in [2.24, 2.45) is 0 Å². The topological polar surface area (TPSA) is 88.5 Å². The molecule has 0 spiro atoms. The molecule has 2 atom stereocenters. The van der Waals surface area contributed by atoms with E-state index in [0.29, 0.717) is 16.5 Å². The molecule has 4 aromatic rings. The Bertz CT molecular complexity index is 1650. The van der Waals surface area contributed by atoms with Crippen LogP contribution in [0.3, 0.4) is 0 Å². The third kappa shape index (κ3) is 5.09. The normalized spacial score (nSPS) is 17.3. The van der Waals surface area contributed by atoms with Gasteiger partial charge in [0.05, 0.1) is 36.8 Å². The monoisotopic (exact) mass is 561 g/mol. The van der Waals surface area contributed by atoms with Gasteiger partial charge in [0.15, 0.2) is 5.11 Å². The minimum atomic E-state index is -3.48. The first-order chi connectivity index (χ1) is 18.6. The van der Waals surface area contributed by atoms with Crippen molar-refractivity contribution in [1.29, 1.82) is 0 Å². The van der Waals surface area contributed by atoms with Crippen LogP contribution < -0.4 is 19.7 Å². The van der Waals surface area contributed by atoms with E-state index in [1.54, 1.807) is 18.3 Å². The van der Waals surface area contributed by atoms with Crippen molar-refractivity contribution in [1.82, 2.24) is 14.9 Å². The summed E-state index contributed by atoms with van der Waals surface area (Å²) in [6.07, 6.45) is 2.89. The number of ether oxygens (including phenoxy) is 1. The molecule has 0 saturated carbocycles.